The molecule has 3 aromatic rings. The van der Waals surface area contributed by atoms with Gasteiger partial charge in [0, 0.05) is 23.5 Å². The van der Waals surface area contributed by atoms with Crippen molar-refractivity contribution in [3.05, 3.63) is 35.1 Å². The van der Waals surface area contributed by atoms with Gasteiger partial charge >= 0.3 is 0 Å². The van der Waals surface area contributed by atoms with Gasteiger partial charge in [0.05, 0.1) is 12.2 Å². The average Bonchev–Trinajstić information content (AvgIpc) is 3.16. The van der Waals surface area contributed by atoms with Crippen LogP contribution in [-0.2, 0) is 13.1 Å². The summed E-state index contributed by atoms with van der Waals surface area (Å²) in [5.74, 6) is 0.353. The van der Waals surface area contributed by atoms with Crippen molar-refractivity contribution in [2.75, 3.05) is 5.73 Å². The second-order valence-corrected chi connectivity index (χ2v) is 6.95. The van der Waals surface area contributed by atoms with Crippen molar-refractivity contribution in [2.24, 2.45) is 5.92 Å². The summed E-state index contributed by atoms with van der Waals surface area (Å²) in [5.41, 5.74) is 7.41. The van der Waals surface area contributed by atoms with Gasteiger partial charge in [-0.25, -0.2) is 4.98 Å². The molecule has 0 aliphatic rings. The third kappa shape index (κ3) is 3.70. The Bertz CT molecular complexity index is 853. The quantitative estimate of drug-likeness (QED) is 0.715. The molecule has 0 radical (unpaired) electrons. The third-order valence-corrected chi connectivity index (χ3v) is 4.41. The lowest BCUT2D eigenvalue weighted by Gasteiger charge is -2.07. The maximum atomic E-state index is 12.2. The highest BCUT2D eigenvalue weighted by molar-refractivity contribution is 7.13. The van der Waals surface area contributed by atoms with Crippen LogP contribution in [0.4, 0.5) is 5.13 Å². The topological polar surface area (TPSA) is 98.7 Å². The summed E-state index contributed by atoms with van der Waals surface area (Å²) in [7, 11) is 0. The van der Waals surface area contributed by atoms with E-state index in [-0.39, 0.29) is 5.91 Å². The van der Waals surface area contributed by atoms with E-state index in [1.807, 2.05) is 17.6 Å². The van der Waals surface area contributed by atoms with E-state index in [1.165, 1.54) is 11.3 Å². The number of anilines is 1. The fraction of sp³-hybridized carbons (Fsp3) is 0.375. The highest BCUT2D eigenvalue weighted by atomic mass is 32.1. The number of hydrogen-bond acceptors (Lipinski definition) is 6. The molecule has 0 aromatic carbocycles. The average molecular weight is 344 g/mol. The maximum Gasteiger partial charge on any atom is 0.272 e. The molecule has 3 heterocycles. The summed E-state index contributed by atoms with van der Waals surface area (Å²) in [6.07, 6.45) is 3.06. The van der Waals surface area contributed by atoms with Gasteiger partial charge in [-0.2, -0.15) is 0 Å². The summed E-state index contributed by atoms with van der Waals surface area (Å²) in [5, 5.41) is 14.3. The Morgan fingerprint density at radius 2 is 2.25 bits per heavy atom. The van der Waals surface area contributed by atoms with Gasteiger partial charge in [0.2, 0.25) is 0 Å². The lowest BCUT2D eigenvalue weighted by Crippen LogP contribution is -2.24. The van der Waals surface area contributed by atoms with Crippen LogP contribution < -0.4 is 11.1 Å². The number of carbonyl (C=O) groups excluding carboxylic acids is 1. The molecule has 3 N–H and O–H groups in total. The lowest BCUT2D eigenvalue weighted by molar-refractivity contribution is 0.0944. The molecule has 0 unspecified atom stereocenters. The lowest BCUT2D eigenvalue weighted by atomic mass is 10.1. The molecule has 0 atom stereocenters. The molecule has 0 spiro atoms. The highest BCUT2D eigenvalue weighted by Crippen LogP contribution is 2.15. The van der Waals surface area contributed by atoms with Crippen molar-refractivity contribution in [3.63, 3.8) is 0 Å². The predicted molar refractivity (Wildman–Crippen MR) is 94.7 cm³/mol. The SMILES string of the molecule is CC(C)CCn1ccc2cc(C(=O)NCc3csc(N)n3)nnc21. The van der Waals surface area contributed by atoms with Gasteiger partial charge in [0.1, 0.15) is 0 Å². The Labute approximate surface area is 143 Å². The molecule has 3 rings (SSSR count). The van der Waals surface area contributed by atoms with Crippen molar-refractivity contribution in [1.82, 2.24) is 25.1 Å². The van der Waals surface area contributed by atoms with E-state index in [2.05, 4.69) is 38.9 Å². The molecule has 0 bridgehead atoms. The fourth-order valence-electron chi connectivity index (χ4n) is 2.34. The summed E-state index contributed by atoms with van der Waals surface area (Å²) in [4.78, 5) is 16.3. The second kappa shape index (κ2) is 6.96. The molecule has 0 saturated heterocycles. The maximum absolute atomic E-state index is 12.2. The largest absolute Gasteiger partial charge is 0.375 e. The van der Waals surface area contributed by atoms with Crippen LogP contribution in [0.15, 0.2) is 23.7 Å². The molecular formula is C16H20N6OS. The smallest absolute Gasteiger partial charge is 0.272 e. The number of aromatic nitrogens is 4. The van der Waals surface area contributed by atoms with Gasteiger partial charge in [0.25, 0.3) is 5.91 Å². The standard InChI is InChI=1S/C16H20N6OS/c1-10(2)3-5-22-6-4-11-7-13(20-21-14(11)22)15(23)18-8-12-9-24-16(17)19-12/h4,6-7,9-10H,3,5,8H2,1-2H3,(H2,17,19)(H,18,23). The number of carbonyl (C=O) groups is 1. The molecule has 1 amide bonds. The first-order chi connectivity index (χ1) is 11.5. The third-order valence-electron chi connectivity index (χ3n) is 3.69. The Hall–Kier alpha value is -2.48. The van der Waals surface area contributed by atoms with Crippen LogP contribution in [0.5, 0.6) is 0 Å². The summed E-state index contributed by atoms with van der Waals surface area (Å²) in [6.45, 7) is 5.60. The van der Waals surface area contributed by atoms with Crippen LogP contribution >= 0.6 is 11.3 Å². The first-order valence-electron chi connectivity index (χ1n) is 7.83. The predicted octanol–water partition coefficient (Wildman–Crippen LogP) is 2.45. The van der Waals surface area contributed by atoms with Gasteiger partial charge in [-0.05, 0) is 24.5 Å². The van der Waals surface area contributed by atoms with Gasteiger partial charge < -0.3 is 15.6 Å². The van der Waals surface area contributed by atoms with Gasteiger partial charge in [0.15, 0.2) is 16.5 Å². The number of rotatable bonds is 6. The van der Waals surface area contributed by atoms with Gasteiger partial charge in [-0.1, -0.05) is 13.8 Å². The Kier molecular flexibility index (Phi) is 4.75. The van der Waals surface area contributed by atoms with Crippen LogP contribution in [0.1, 0.15) is 36.5 Å². The molecule has 0 saturated carbocycles. The molecule has 0 aliphatic heterocycles. The zero-order valence-electron chi connectivity index (χ0n) is 13.7. The number of aryl methyl sites for hydroxylation is 1. The number of fused-ring (bicyclic) bond motifs is 1. The van der Waals surface area contributed by atoms with Crippen LogP contribution in [0, 0.1) is 5.92 Å². The molecule has 3 aromatic heterocycles. The van der Waals surface area contributed by atoms with E-state index in [4.69, 9.17) is 5.73 Å². The number of amides is 1. The van der Waals surface area contributed by atoms with E-state index in [1.54, 1.807) is 6.07 Å². The molecule has 8 heteroatoms. The van der Waals surface area contributed by atoms with Crippen molar-refractivity contribution in [2.45, 2.75) is 33.4 Å². The molecule has 126 valence electrons. The minimum Gasteiger partial charge on any atom is -0.375 e. The number of thiazole rings is 1. The Morgan fingerprint density at radius 3 is 2.96 bits per heavy atom. The van der Waals surface area contributed by atoms with Crippen LogP contribution in [-0.4, -0.2) is 25.7 Å². The monoisotopic (exact) mass is 344 g/mol. The minimum absolute atomic E-state index is 0.272. The molecule has 7 nitrogen and oxygen atoms in total. The number of nitrogens with zero attached hydrogens (tertiary/aromatic N) is 4. The van der Waals surface area contributed by atoms with Gasteiger partial charge in [-0.3, -0.25) is 4.79 Å². The molecule has 0 aliphatic carbocycles. The first-order valence-corrected chi connectivity index (χ1v) is 8.71. The number of nitrogens with two attached hydrogens (primary N) is 1. The normalized spacial score (nSPS) is 11.3. The number of nitrogen functional groups attached to an aromatic ring is 1. The Morgan fingerprint density at radius 1 is 1.42 bits per heavy atom. The van der Waals surface area contributed by atoms with Crippen LogP contribution in [0.3, 0.4) is 0 Å². The van der Waals surface area contributed by atoms with E-state index in [0.717, 1.165) is 29.7 Å². The molecular weight excluding hydrogens is 324 g/mol. The van der Waals surface area contributed by atoms with Crippen molar-refractivity contribution in [1.29, 1.82) is 0 Å². The van der Waals surface area contributed by atoms with Crippen molar-refractivity contribution >= 4 is 33.4 Å². The number of nitrogens with one attached hydrogen (secondary N) is 1. The Balaban J connectivity index is 1.69. The van der Waals surface area contributed by atoms with Crippen molar-refractivity contribution < 1.29 is 4.79 Å². The van der Waals surface area contributed by atoms with E-state index < -0.39 is 0 Å². The van der Waals surface area contributed by atoms with E-state index in [9.17, 15) is 4.79 Å². The summed E-state index contributed by atoms with van der Waals surface area (Å²) < 4.78 is 2.07. The second-order valence-electron chi connectivity index (χ2n) is 6.06. The van der Waals surface area contributed by atoms with Crippen LogP contribution in [0.2, 0.25) is 0 Å². The minimum atomic E-state index is -0.272. The number of hydrogen-bond donors (Lipinski definition) is 2. The highest BCUT2D eigenvalue weighted by Gasteiger charge is 2.12. The van der Waals surface area contributed by atoms with Crippen LogP contribution in [0.25, 0.3) is 11.0 Å². The van der Waals surface area contributed by atoms with E-state index >= 15 is 0 Å². The van der Waals surface area contributed by atoms with Gasteiger partial charge in [-0.15, -0.1) is 21.5 Å². The summed E-state index contributed by atoms with van der Waals surface area (Å²) in [6, 6.07) is 3.72. The fourth-order valence-corrected chi connectivity index (χ4v) is 2.90. The molecule has 0 fully saturated rings. The zero-order chi connectivity index (χ0) is 17.1. The van der Waals surface area contributed by atoms with E-state index in [0.29, 0.717) is 23.3 Å². The zero-order valence-corrected chi connectivity index (χ0v) is 14.5. The molecule has 24 heavy (non-hydrogen) atoms. The van der Waals surface area contributed by atoms with Crippen molar-refractivity contribution in [3.8, 4) is 0 Å². The first kappa shape index (κ1) is 16.4. The summed E-state index contributed by atoms with van der Waals surface area (Å²) >= 11 is 1.35.